The van der Waals surface area contributed by atoms with E-state index in [0.717, 1.165) is 22.7 Å². The van der Waals surface area contributed by atoms with Crippen LogP contribution in [0.25, 0.3) is 0 Å². The lowest BCUT2D eigenvalue weighted by Crippen LogP contribution is -1.96. The Labute approximate surface area is 134 Å². The summed E-state index contributed by atoms with van der Waals surface area (Å²) in [7, 11) is 0. The number of aromatic amines is 1. The Morgan fingerprint density at radius 3 is 2.50 bits per heavy atom. The molecule has 0 bridgehead atoms. The van der Waals surface area contributed by atoms with Crippen LogP contribution in [0.4, 0.5) is 0 Å². The fourth-order valence-electron chi connectivity index (χ4n) is 2.29. The molecule has 3 rings (SSSR count). The van der Waals surface area contributed by atoms with Gasteiger partial charge in [0.2, 0.25) is 0 Å². The van der Waals surface area contributed by atoms with Crippen molar-refractivity contribution in [2.45, 2.75) is 19.6 Å². The lowest BCUT2D eigenvalue weighted by Gasteiger charge is -2.07. The molecular formula is C18H17ClN2O. The van der Waals surface area contributed by atoms with E-state index in [1.165, 1.54) is 11.1 Å². The van der Waals surface area contributed by atoms with E-state index in [0.29, 0.717) is 13.2 Å². The van der Waals surface area contributed by atoms with Crippen LogP contribution in [0.1, 0.15) is 22.4 Å². The zero-order valence-corrected chi connectivity index (χ0v) is 12.9. The third-order valence-electron chi connectivity index (χ3n) is 3.38. The van der Waals surface area contributed by atoms with E-state index < -0.39 is 0 Å². The molecule has 0 radical (unpaired) electrons. The van der Waals surface area contributed by atoms with Crippen LogP contribution in [0.3, 0.4) is 0 Å². The quantitative estimate of drug-likeness (QED) is 0.734. The van der Waals surface area contributed by atoms with Crippen molar-refractivity contribution in [3.63, 3.8) is 0 Å². The Morgan fingerprint density at radius 2 is 1.73 bits per heavy atom. The minimum atomic E-state index is 0.584. The summed E-state index contributed by atoms with van der Waals surface area (Å²) in [4.78, 5) is 7.23. The smallest absolute Gasteiger partial charge is 0.0923 e. The van der Waals surface area contributed by atoms with Crippen LogP contribution < -0.4 is 0 Å². The van der Waals surface area contributed by atoms with Crippen molar-refractivity contribution in [3.05, 3.63) is 88.5 Å². The Kier molecular flexibility index (Phi) is 4.88. The van der Waals surface area contributed by atoms with Gasteiger partial charge in [-0.15, -0.1) is 0 Å². The number of hydrogen-bond donors (Lipinski definition) is 1. The van der Waals surface area contributed by atoms with E-state index in [4.69, 9.17) is 16.3 Å². The number of imidazole rings is 1. The van der Waals surface area contributed by atoms with Gasteiger partial charge in [-0.25, -0.2) is 4.98 Å². The molecule has 3 aromatic rings. The predicted molar refractivity (Wildman–Crippen MR) is 87.8 cm³/mol. The summed E-state index contributed by atoms with van der Waals surface area (Å²) in [5.41, 5.74) is 4.57. The molecule has 1 N–H and O–H groups in total. The van der Waals surface area contributed by atoms with E-state index in [-0.39, 0.29) is 0 Å². The van der Waals surface area contributed by atoms with E-state index in [1.807, 2.05) is 30.5 Å². The van der Waals surface area contributed by atoms with Crippen molar-refractivity contribution in [1.29, 1.82) is 0 Å². The molecular weight excluding hydrogens is 296 g/mol. The molecule has 0 saturated carbocycles. The molecule has 22 heavy (non-hydrogen) atoms. The highest BCUT2D eigenvalue weighted by Crippen LogP contribution is 2.13. The first-order chi connectivity index (χ1) is 10.8. The van der Waals surface area contributed by atoms with E-state index >= 15 is 0 Å². The highest BCUT2D eigenvalue weighted by molar-refractivity contribution is 6.30. The highest BCUT2D eigenvalue weighted by Gasteiger charge is 2.01. The van der Waals surface area contributed by atoms with Crippen LogP contribution in [0, 0.1) is 0 Å². The topological polar surface area (TPSA) is 37.9 Å². The van der Waals surface area contributed by atoms with Gasteiger partial charge >= 0.3 is 0 Å². The van der Waals surface area contributed by atoms with Crippen LogP contribution in [-0.4, -0.2) is 9.97 Å². The maximum absolute atomic E-state index is 5.87. The summed E-state index contributed by atoms with van der Waals surface area (Å²) < 4.78 is 5.77. The molecule has 0 amide bonds. The molecule has 1 heterocycles. The Hall–Kier alpha value is -2.10. The minimum Gasteiger partial charge on any atom is -0.372 e. The molecule has 2 aromatic carbocycles. The van der Waals surface area contributed by atoms with Gasteiger partial charge in [0.25, 0.3) is 0 Å². The zero-order valence-electron chi connectivity index (χ0n) is 12.1. The van der Waals surface area contributed by atoms with Gasteiger partial charge in [-0.3, -0.25) is 0 Å². The van der Waals surface area contributed by atoms with Crippen molar-refractivity contribution >= 4 is 11.6 Å². The van der Waals surface area contributed by atoms with Gasteiger partial charge in [0, 0.05) is 17.6 Å². The summed E-state index contributed by atoms with van der Waals surface area (Å²) in [6.07, 6.45) is 4.45. The maximum atomic E-state index is 5.87. The number of ether oxygens (including phenoxy) is 1. The summed E-state index contributed by atoms with van der Waals surface area (Å²) >= 11 is 5.87. The highest BCUT2D eigenvalue weighted by atomic mass is 35.5. The summed E-state index contributed by atoms with van der Waals surface area (Å²) in [6, 6.07) is 16.1. The number of nitrogens with zero attached hydrogens (tertiary/aromatic N) is 1. The molecule has 0 unspecified atom stereocenters. The summed E-state index contributed by atoms with van der Waals surface area (Å²) in [5.74, 6) is 0. The number of aromatic nitrogens is 2. The first-order valence-electron chi connectivity index (χ1n) is 7.17. The van der Waals surface area contributed by atoms with Crippen molar-refractivity contribution in [1.82, 2.24) is 9.97 Å². The van der Waals surface area contributed by atoms with Gasteiger partial charge in [0.05, 0.1) is 25.2 Å². The first-order valence-corrected chi connectivity index (χ1v) is 7.55. The fraction of sp³-hybridized carbons (Fsp3) is 0.167. The van der Waals surface area contributed by atoms with E-state index in [9.17, 15) is 0 Å². The second-order valence-corrected chi connectivity index (χ2v) is 5.61. The van der Waals surface area contributed by atoms with Gasteiger partial charge in [-0.2, -0.15) is 0 Å². The molecule has 112 valence electrons. The van der Waals surface area contributed by atoms with Crippen molar-refractivity contribution in [2.24, 2.45) is 0 Å². The molecule has 0 saturated heterocycles. The van der Waals surface area contributed by atoms with Gasteiger partial charge in [0.1, 0.15) is 0 Å². The standard InChI is InChI=1S/C18H17ClN2O/c19-17-6-4-14(5-7-17)11-22-12-16-3-1-2-15(8-16)9-18-10-20-13-21-18/h1-8,10,13H,9,11-12H2,(H,20,21). The number of hydrogen-bond acceptors (Lipinski definition) is 2. The number of nitrogens with one attached hydrogen (secondary N) is 1. The van der Waals surface area contributed by atoms with Gasteiger partial charge < -0.3 is 9.72 Å². The van der Waals surface area contributed by atoms with Crippen molar-refractivity contribution in [3.8, 4) is 0 Å². The number of halogens is 1. The monoisotopic (exact) mass is 312 g/mol. The maximum Gasteiger partial charge on any atom is 0.0923 e. The third kappa shape index (κ3) is 4.20. The molecule has 0 fully saturated rings. The second-order valence-electron chi connectivity index (χ2n) is 5.18. The van der Waals surface area contributed by atoms with Crippen molar-refractivity contribution < 1.29 is 4.74 Å². The van der Waals surface area contributed by atoms with Crippen LogP contribution in [-0.2, 0) is 24.4 Å². The molecule has 0 aliphatic rings. The fourth-order valence-corrected chi connectivity index (χ4v) is 2.42. The SMILES string of the molecule is Clc1ccc(COCc2cccc(Cc3c[nH]cn3)c2)cc1. The molecule has 4 heteroatoms. The molecule has 0 aliphatic heterocycles. The largest absolute Gasteiger partial charge is 0.372 e. The lowest BCUT2D eigenvalue weighted by atomic mass is 10.1. The molecule has 0 spiro atoms. The average Bonchev–Trinajstić information content (AvgIpc) is 3.03. The Balaban J connectivity index is 1.55. The number of benzene rings is 2. The third-order valence-corrected chi connectivity index (χ3v) is 3.63. The molecule has 0 aliphatic carbocycles. The van der Waals surface area contributed by atoms with E-state index in [1.54, 1.807) is 6.33 Å². The molecule has 3 nitrogen and oxygen atoms in total. The van der Waals surface area contributed by atoms with Gasteiger partial charge in [-0.1, -0.05) is 48.0 Å². The van der Waals surface area contributed by atoms with Crippen LogP contribution in [0.2, 0.25) is 5.02 Å². The number of H-pyrrole nitrogens is 1. The average molecular weight is 313 g/mol. The second kappa shape index (κ2) is 7.25. The first kappa shape index (κ1) is 14.8. The van der Waals surface area contributed by atoms with Crippen LogP contribution in [0.15, 0.2) is 61.1 Å². The normalized spacial score (nSPS) is 10.8. The predicted octanol–water partition coefficient (Wildman–Crippen LogP) is 4.37. The molecule has 1 aromatic heterocycles. The van der Waals surface area contributed by atoms with Crippen molar-refractivity contribution in [2.75, 3.05) is 0 Å². The minimum absolute atomic E-state index is 0.584. The van der Waals surface area contributed by atoms with Gasteiger partial charge in [0.15, 0.2) is 0 Å². The van der Waals surface area contributed by atoms with E-state index in [2.05, 4.69) is 34.2 Å². The Bertz CT molecular complexity index is 708. The lowest BCUT2D eigenvalue weighted by molar-refractivity contribution is 0.107. The zero-order chi connectivity index (χ0) is 15.2. The summed E-state index contributed by atoms with van der Waals surface area (Å²) in [5, 5.41) is 0.745. The van der Waals surface area contributed by atoms with Crippen LogP contribution in [0.5, 0.6) is 0 Å². The van der Waals surface area contributed by atoms with Gasteiger partial charge in [-0.05, 0) is 28.8 Å². The molecule has 0 atom stereocenters. The summed E-state index contributed by atoms with van der Waals surface area (Å²) in [6.45, 7) is 1.18. The Morgan fingerprint density at radius 1 is 0.955 bits per heavy atom. The number of rotatable bonds is 6. The van der Waals surface area contributed by atoms with Crippen LogP contribution >= 0.6 is 11.6 Å².